The van der Waals surface area contributed by atoms with Gasteiger partial charge in [0, 0.05) is 18.3 Å². The molecule has 0 saturated carbocycles. The minimum absolute atomic E-state index is 0.0223. The zero-order valence-electron chi connectivity index (χ0n) is 14.3. The van der Waals surface area contributed by atoms with Gasteiger partial charge in [-0.3, -0.25) is 9.59 Å². The monoisotopic (exact) mass is 328 g/mol. The summed E-state index contributed by atoms with van der Waals surface area (Å²) in [6.45, 7) is 5.93. The third kappa shape index (κ3) is 4.32. The lowest BCUT2D eigenvalue weighted by molar-refractivity contribution is 0.0883. The number of nitrogens with one attached hydrogen (secondary N) is 2. The van der Waals surface area contributed by atoms with Gasteiger partial charge in [0.25, 0.3) is 11.5 Å². The Labute approximate surface area is 141 Å². The van der Waals surface area contributed by atoms with Crippen molar-refractivity contribution in [2.24, 2.45) is 5.41 Å². The molecule has 2 aromatic rings. The van der Waals surface area contributed by atoms with E-state index in [2.05, 4.69) is 10.3 Å². The average Bonchev–Trinajstić information content (AvgIpc) is 2.54. The van der Waals surface area contributed by atoms with Crippen molar-refractivity contribution in [3.63, 3.8) is 0 Å². The fourth-order valence-corrected chi connectivity index (χ4v) is 2.53. The van der Waals surface area contributed by atoms with Crippen molar-refractivity contribution < 1.29 is 9.90 Å². The zero-order valence-corrected chi connectivity index (χ0v) is 14.3. The van der Waals surface area contributed by atoms with Gasteiger partial charge in [0.05, 0.1) is 0 Å². The van der Waals surface area contributed by atoms with E-state index in [1.165, 1.54) is 6.07 Å². The minimum Gasteiger partial charge on any atom is -0.396 e. The molecule has 1 unspecified atom stereocenters. The van der Waals surface area contributed by atoms with Crippen molar-refractivity contribution in [2.45, 2.75) is 33.2 Å². The molecule has 5 nitrogen and oxygen atoms in total. The Morgan fingerprint density at radius 2 is 1.83 bits per heavy atom. The number of carbonyl (C=O) groups excluding carboxylic acids is 1. The molecule has 3 N–H and O–H groups in total. The first kappa shape index (κ1) is 17.9. The summed E-state index contributed by atoms with van der Waals surface area (Å²) in [5.74, 6) is -0.427. The largest absolute Gasteiger partial charge is 0.396 e. The second kappa shape index (κ2) is 7.45. The summed E-state index contributed by atoms with van der Waals surface area (Å²) >= 11 is 0. The number of H-pyrrole nitrogens is 1. The van der Waals surface area contributed by atoms with E-state index in [1.54, 1.807) is 6.07 Å². The van der Waals surface area contributed by atoms with E-state index in [9.17, 15) is 14.7 Å². The van der Waals surface area contributed by atoms with Crippen LogP contribution in [0.1, 0.15) is 37.6 Å². The van der Waals surface area contributed by atoms with Gasteiger partial charge in [-0.15, -0.1) is 0 Å². The van der Waals surface area contributed by atoms with Crippen LogP contribution < -0.4 is 10.9 Å². The summed E-state index contributed by atoms with van der Waals surface area (Å²) in [5, 5.41) is 12.0. The number of carbonyl (C=O) groups is 1. The highest BCUT2D eigenvalue weighted by Gasteiger charge is 2.26. The summed E-state index contributed by atoms with van der Waals surface area (Å²) in [6.07, 6.45) is 0.440. The molecule has 5 heteroatoms. The van der Waals surface area contributed by atoms with Gasteiger partial charge in [-0.1, -0.05) is 51.1 Å². The first-order chi connectivity index (χ1) is 11.3. The van der Waals surface area contributed by atoms with Crippen molar-refractivity contribution >= 4 is 5.91 Å². The maximum Gasteiger partial charge on any atom is 0.261 e. The Balaban J connectivity index is 2.23. The van der Waals surface area contributed by atoms with Crippen molar-refractivity contribution in [1.29, 1.82) is 0 Å². The number of hydrogen-bond donors (Lipinski definition) is 3. The molecule has 0 fully saturated rings. The van der Waals surface area contributed by atoms with Crippen molar-refractivity contribution in [2.75, 3.05) is 6.61 Å². The fourth-order valence-electron chi connectivity index (χ4n) is 2.53. The lowest BCUT2D eigenvalue weighted by Crippen LogP contribution is -2.45. The fraction of sp³-hybridized carbons (Fsp3) is 0.368. The summed E-state index contributed by atoms with van der Waals surface area (Å²) in [7, 11) is 0. The average molecular weight is 328 g/mol. The van der Waals surface area contributed by atoms with E-state index < -0.39 is 11.5 Å². The smallest absolute Gasteiger partial charge is 0.261 e. The summed E-state index contributed by atoms with van der Waals surface area (Å²) in [5.41, 5.74) is 0.983. The van der Waals surface area contributed by atoms with Crippen LogP contribution in [0, 0.1) is 5.41 Å². The predicted molar refractivity (Wildman–Crippen MR) is 94.9 cm³/mol. The maximum atomic E-state index is 12.4. The van der Waals surface area contributed by atoms with Crippen LogP contribution in [-0.2, 0) is 0 Å². The zero-order chi connectivity index (χ0) is 17.7. The van der Waals surface area contributed by atoms with Crippen molar-refractivity contribution in [3.8, 4) is 11.3 Å². The lowest BCUT2D eigenvalue weighted by atomic mass is 9.85. The summed E-state index contributed by atoms with van der Waals surface area (Å²) in [4.78, 5) is 27.5. The number of aliphatic hydroxyl groups is 1. The molecule has 0 aliphatic rings. The SMILES string of the molecule is CC(C)(C)C(CCO)NC(=O)c1ccc(-c2ccccc2)[nH]c1=O. The lowest BCUT2D eigenvalue weighted by Gasteiger charge is -2.31. The molecule has 2 rings (SSSR count). The second-order valence-corrected chi connectivity index (χ2v) is 6.89. The number of rotatable bonds is 5. The third-order valence-corrected chi connectivity index (χ3v) is 4.01. The minimum atomic E-state index is -0.427. The van der Waals surface area contributed by atoms with Gasteiger partial charge in [-0.2, -0.15) is 0 Å². The van der Waals surface area contributed by atoms with Crippen molar-refractivity contribution in [1.82, 2.24) is 10.3 Å². The van der Waals surface area contributed by atoms with Crippen molar-refractivity contribution in [3.05, 3.63) is 58.4 Å². The summed E-state index contributed by atoms with van der Waals surface area (Å²) < 4.78 is 0. The molecule has 0 spiro atoms. The molecule has 1 atom stereocenters. The molecular formula is C19H24N2O3. The molecule has 1 amide bonds. The van der Waals surface area contributed by atoms with Crippen LogP contribution in [0.2, 0.25) is 0 Å². The molecule has 1 heterocycles. The number of pyridine rings is 1. The molecule has 128 valence electrons. The molecule has 0 radical (unpaired) electrons. The van der Waals surface area contributed by atoms with Crippen LogP contribution >= 0.6 is 0 Å². The van der Waals surface area contributed by atoms with Gasteiger partial charge in [0.15, 0.2) is 0 Å². The van der Waals surface area contributed by atoms with Gasteiger partial charge in [0.1, 0.15) is 5.56 Å². The molecule has 1 aromatic carbocycles. The standard InChI is InChI=1S/C19H24N2O3/c1-19(2,3)16(11-12-22)21-18(24)14-9-10-15(20-17(14)23)13-7-5-4-6-8-13/h4-10,16,22H,11-12H2,1-3H3,(H,20,23)(H,21,24). The van der Waals surface area contributed by atoms with Gasteiger partial charge >= 0.3 is 0 Å². The highest BCUT2D eigenvalue weighted by Crippen LogP contribution is 2.22. The van der Waals surface area contributed by atoms with Crippen LogP contribution in [0.5, 0.6) is 0 Å². The highest BCUT2D eigenvalue weighted by molar-refractivity contribution is 5.94. The Bertz CT molecular complexity index is 745. The number of benzene rings is 1. The van der Waals surface area contributed by atoms with Gasteiger partial charge < -0.3 is 15.4 Å². The van der Waals surface area contributed by atoms with Gasteiger partial charge in [0.2, 0.25) is 0 Å². The molecule has 0 bridgehead atoms. The van der Waals surface area contributed by atoms with Crippen LogP contribution in [-0.4, -0.2) is 28.6 Å². The van der Waals surface area contributed by atoms with Gasteiger partial charge in [-0.05, 0) is 29.5 Å². The Morgan fingerprint density at radius 1 is 1.17 bits per heavy atom. The van der Waals surface area contributed by atoms with Crippen LogP contribution in [0.25, 0.3) is 11.3 Å². The number of aliphatic hydroxyl groups excluding tert-OH is 1. The summed E-state index contributed by atoms with van der Waals surface area (Å²) in [6, 6.07) is 12.5. The topological polar surface area (TPSA) is 82.2 Å². The number of hydrogen-bond acceptors (Lipinski definition) is 3. The normalized spacial score (nSPS) is 12.7. The van der Waals surface area contributed by atoms with E-state index in [0.29, 0.717) is 12.1 Å². The molecule has 24 heavy (non-hydrogen) atoms. The van der Waals surface area contributed by atoms with E-state index in [4.69, 9.17) is 0 Å². The molecule has 0 aliphatic carbocycles. The Kier molecular flexibility index (Phi) is 5.57. The van der Waals surface area contributed by atoms with Gasteiger partial charge in [-0.25, -0.2) is 0 Å². The molecule has 0 saturated heterocycles. The van der Waals surface area contributed by atoms with E-state index >= 15 is 0 Å². The maximum absolute atomic E-state index is 12.4. The number of aromatic amines is 1. The van der Waals surface area contributed by atoms with E-state index in [1.807, 2.05) is 51.1 Å². The number of amides is 1. The quantitative estimate of drug-likeness (QED) is 0.789. The first-order valence-corrected chi connectivity index (χ1v) is 8.03. The highest BCUT2D eigenvalue weighted by atomic mass is 16.3. The first-order valence-electron chi connectivity index (χ1n) is 8.03. The predicted octanol–water partition coefficient (Wildman–Crippen LogP) is 2.57. The van der Waals surface area contributed by atoms with Crippen LogP contribution in [0.4, 0.5) is 0 Å². The molecule has 1 aromatic heterocycles. The molecular weight excluding hydrogens is 304 g/mol. The third-order valence-electron chi connectivity index (χ3n) is 4.01. The Hall–Kier alpha value is -2.40. The molecule has 0 aliphatic heterocycles. The van der Waals surface area contributed by atoms with Crippen LogP contribution in [0.3, 0.4) is 0 Å². The van der Waals surface area contributed by atoms with E-state index in [0.717, 1.165) is 5.56 Å². The van der Waals surface area contributed by atoms with E-state index in [-0.39, 0.29) is 23.6 Å². The van der Waals surface area contributed by atoms with Crippen LogP contribution in [0.15, 0.2) is 47.3 Å². The number of aromatic nitrogens is 1. The Morgan fingerprint density at radius 3 is 2.38 bits per heavy atom. The second-order valence-electron chi connectivity index (χ2n) is 6.89.